The number of allylic oxidation sites excluding steroid dienone is 2. The van der Waals surface area contributed by atoms with Crippen LogP contribution in [0.2, 0.25) is 0 Å². The third-order valence-electron chi connectivity index (χ3n) is 5.83. The van der Waals surface area contributed by atoms with Crippen molar-refractivity contribution in [1.82, 2.24) is 0 Å². The van der Waals surface area contributed by atoms with Crippen LogP contribution in [0.3, 0.4) is 0 Å². The number of carbonyl (C=O) groups is 3. The van der Waals surface area contributed by atoms with Gasteiger partial charge < -0.3 is 10.0 Å². The molecule has 1 N–H and O–H groups in total. The van der Waals surface area contributed by atoms with Crippen molar-refractivity contribution in [2.45, 2.75) is 78.7 Å². The van der Waals surface area contributed by atoms with Crippen LogP contribution >= 0.6 is 11.3 Å². The molecule has 0 saturated heterocycles. The molecule has 1 aromatic heterocycles. The zero-order chi connectivity index (χ0) is 22.8. The molecule has 1 heterocycles. The zero-order valence-corrected chi connectivity index (χ0v) is 19.6. The van der Waals surface area contributed by atoms with Crippen molar-refractivity contribution >= 4 is 34.7 Å². The molecule has 1 atom stereocenters. The molecule has 2 aliphatic rings. The molecule has 1 aromatic rings. The van der Waals surface area contributed by atoms with Gasteiger partial charge in [-0.05, 0) is 65.9 Å². The third kappa shape index (κ3) is 5.86. The fourth-order valence-electron chi connectivity index (χ4n) is 4.09. The summed E-state index contributed by atoms with van der Waals surface area (Å²) in [4.78, 5) is 40.1. The molecule has 2 aliphatic carbocycles. The minimum atomic E-state index is -1.05. The van der Waals surface area contributed by atoms with E-state index in [0.29, 0.717) is 42.7 Å². The first kappa shape index (κ1) is 23.3. The van der Waals surface area contributed by atoms with Crippen LogP contribution in [0.1, 0.15) is 87.2 Å². The van der Waals surface area contributed by atoms with E-state index in [1.807, 2.05) is 20.8 Å². The van der Waals surface area contributed by atoms with Gasteiger partial charge in [-0.15, -0.1) is 11.3 Å². The predicted molar refractivity (Wildman–Crippen MR) is 123 cm³/mol. The fourth-order valence-corrected chi connectivity index (χ4v) is 4.93. The largest absolute Gasteiger partial charge is 0.477 e. The number of carboxylic acids is 1. The SMILES string of the molecule is CC1=CCC(C(=O)N(c2cc(C#CC(C)(C)C)sc2C(=O)O)C2CCC(=O)CC2)CC1. The second-order valence-corrected chi connectivity index (χ2v) is 10.7. The maximum atomic E-state index is 13.7. The molecule has 0 spiro atoms. The average molecular weight is 442 g/mol. The Morgan fingerprint density at radius 3 is 2.39 bits per heavy atom. The molecule has 0 radical (unpaired) electrons. The summed E-state index contributed by atoms with van der Waals surface area (Å²) in [5, 5.41) is 9.88. The minimum Gasteiger partial charge on any atom is -0.477 e. The molecule has 1 amide bonds. The van der Waals surface area contributed by atoms with E-state index in [4.69, 9.17) is 0 Å². The van der Waals surface area contributed by atoms with Crippen molar-refractivity contribution in [3.8, 4) is 11.8 Å². The van der Waals surface area contributed by atoms with Gasteiger partial charge in [-0.3, -0.25) is 9.59 Å². The summed E-state index contributed by atoms with van der Waals surface area (Å²) in [5.74, 6) is 5.22. The highest BCUT2D eigenvalue weighted by atomic mass is 32.1. The van der Waals surface area contributed by atoms with Gasteiger partial charge in [0.1, 0.15) is 10.7 Å². The molecule has 1 saturated carbocycles. The van der Waals surface area contributed by atoms with Gasteiger partial charge in [0.2, 0.25) is 5.91 Å². The smallest absolute Gasteiger partial charge is 0.348 e. The zero-order valence-electron chi connectivity index (χ0n) is 18.8. The van der Waals surface area contributed by atoms with Crippen molar-refractivity contribution in [2.75, 3.05) is 4.90 Å². The number of anilines is 1. The Kier molecular flexibility index (Phi) is 7.06. The lowest BCUT2D eigenvalue weighted by Gasteiger charge is -2.36. The number of hydrogen-bond acceptors (Lipinski definition) is 4. The summed E-state index contributed by atoms with van der Waals surface area (Å²) >= 11 is 1.12. The number of thiophene rings is 1. The van der Waals surface area contributed by atoms with Gasteiger partial charge >= 0.3 is 5.97 Å². The molecule has 1 fully saturated rings. The van der Waals surface area contributed by atoms with Crippen molar-refractivity contribution in [3.05, 3.63) is 27.5 Å². The molecule has 166 valence electrons. The Hall–Kier alpha value is -2.39. The average Bonchev–Trinajstić information content (AvgIpc) is 3.12. The molecule has 0 bridgehead atoms. The molecular weight excluding hydrogens is 410 g/mol. The van der Waals surface area contributed by atoms with E-state index in [0.717, 1.165) is 24.2 Å². The fraction of sp³-hybridized carbons (Fsp3) is 0.560. The Balaban J connectivity index is 2.02. The van der Waals surface area contributed by atoms with Crippen LogP contribution in [-0.4, -0.2) is 28.8 Å². The highest BCUT2D eigenvalue weighted by molar-refractivity contribution is 7.15. The summed E-state index contributed by atoms with van der Waals surface area (Å²) < 4.78 is 0. The molecule has 1 unspecified atom stereocenters. The quantitative estimate of drug-likeness (QED) is 0.499. The second-order valence-electron chi connectivity index (χ2n) is 9.63. The van der Waals surface area contributed by atoms with Crippen molar-refractivity contribution in [3.63, 3.8) is 0 Å². The lowest BCUT2D eigenvalue weighted by molar-refractivity contribution is -0.125. The van der Waals surface area contributed by atoms with E-state index in [-0.39, 0.29) is 33.9 Å². The monoisotopic (exact) mass is 441 g/mol. The number of carbonyl (C=O) groups excluding carboxylic acids is 2. The van der Waals surface area contributed by atoms with E-state index in [1.54, 1.807) is 11.0 Å². The summed E-state index contributed by atoms with van der Waals surface area (Å²) in [6, 6.07) is 1.60. The lowest BCUT2D eigenvalue weighted by Crippen LogP contribution is -2.46. The number of rotatable bonds is 4. The van der Waals surface area contributed by atoms with Crippen LogP contribution in [0.5, 0.6) is 0 Å². The van der Waals surface area contributed by atoms with Crippen molar-refractivity contribution in [2.24, 2.45) is 11.3 Å². The van der Waals surface area contributed by atoms with E-state index >= 15 is 0 Å². The summed E-state index contributed by atoms with van der Waals surface area (Å²) in [6.07, 6.45) is 6.45. The van der Waals surface area contributed by atoms with Crippen LogP contribution in [0.15, 0.2) is 17.7 Å². The first-order valence-corrected chi connectivity index (χ1v) is 11.8. The highest BCUT2D eigenvalue weighted by Crippen LogP contribution is 2.37. The molecule has 3 rings (SSSR count). The number of nitrogens with zero attached hydrogens (tertiary/aromatic N) is 1. The Labute approximate surface area is 188 Å². The number of carboxylic acid groups (broad SMARTS) is 1. The van der Waals surface area contributed by atoms with E-state index in [9.17, 15) is 19.5 Å². The number of amides is 1. The number of Topliss-reactive ketones (excluding diaryl/α,β-unsaturated/α-hetero) is 1. The predicted octanol–water partition coefficient (Wildman–Crippen LogP) is 5.44. The molecular formula is C25H31NO4S. The van der Waals surface area contributed by atoms with Crippen LogP contribution in [0.4, 0.5) is 5.69 Å². The van der Waals surface area contributed by atoms with Crippen LogP contribution in [0, 0.1) is 23.2 Å². The van der Waals surface area contributed by atoms with Crippen LogP contribution < -0.4 is 4.90 Å². The number of aromatic carboxylic acids is 1. The summed E-state index contributed by atoms with van der Waals surface area (Å²) in [6.45, 7) is 8.08. The van der Waals surface area contributed by atoms with Crippen molar-refractivity contribution < 1.29 is 19.5 Å². The van der Waals surface area contributed by atoms with E-state index in [1.165, 1.54) is 5.57 Å². The molecule has 0 aliphatic heterocycles. The standard InChI is InChI=1S/C25H31NO4S/c1-16-5-7-17(8-6-16)23(28)26(18-9-11-19(27)12-10-18)21-15-20(13-14-25(2,3)4)31-22(21)24(29)30/h5,15,17-18H,6-12H2,1-4H3,(H,29,30). The van der Waals surface area contributed by atoms with Gasteiger partial charge in [0.25, 0.3) is 0 Å². The number of ketones is 1. The Morgan fingerprint density at radius 2 is 1.84 bits per heavy atom. The number of hydrogen-bond donors (Lipinski definition) is 1. The van der Waals surface area contributed by atoms with Gasteiger partial charge in [0, 0.05) is 30.2 Å². The normalized spacial score (nSPS) is 19.9. The molecule has 6 heteroatoms. The van der Waals surface area contributed by atoms with E-state index in [2.05, 4.69) is 24.8 Å². The van der Waals surface area contributed by atoms with Gasteiger partial charge in [0.15, 0.2) is 0 Å². The van der Waals surface area contributed by atoms with Crippen LogP contribution in [0.25, 0.3) is 0 Å². The second kappa shape index (κ2) is 9.40. The van der Waals surface area contributed by atoms with Crippen molar-refractivity contribution in [1.29, 1.82) is 0 Å². The molecule has 31 heavy (non-hydrogen) atoms. The third-order valence-corrected chi connectivity index (χ3v) is 6.86. The summed E-state index contributed by atoms with van der Waals surface area (Å²) in [5.41, 5.74) is 1.52. The highest BCUT2D eigenvalue weighted by Gasteiger charge is 2.36. The maximum absolute atomic E-state index is 13.7. The van der Waals surface area contributed by atoms with Gasteiger partial charge in [0.05, 0.1) is 10.6 Å². The van der Waals surface area contributed by atoms with Crippen LogP contribution in [-0.2, 0) is 9.59 Å². The van der Waals surface area contributed by atoms with Gasteiger partial charge in [-0.25, -0.2) is 4.79 Å². The lowest BCUT2D eigenvalue weighted by atomic mass is 9.87. The first-order chi connectivity index (χ1) is 14.5. The first-order valence-electron chi connectivity index (χ1n) is 11.0. The maximum Gasteiger partial charge on any atom is 0.348 e. The van der Waals surface area contributed by atoms with Gasteiger partial charge in [-0.1, -0.05) is 23.5 Å². The minimum absolute atomic E-state index is 0.0290. The van der Waals surface area contributed by atoms with E-state index < -0.39 is 5.97 Å². The Bertz CT molecular complexity index is 960. The summed E-state index contributed by atoms with van der Waals surface area (Å²) in [7, 11) is 0. The molecule has 5 nitrogen and oxygen atoms in total. The molecule has 0 aromatic carbocycles. The topological polar surface area (TPSA) is 74.7 Å². The van der Waals surface area contributed by atoms with Gasteiger partial charge in [-0.2, -0.15) is 0 Å². The Morgan fingerprint density at radius 1 is 1.16 bits per heavy atom.